The highest BCUT2D eigenvalue weighted by molar-refractivity contribution is 7.86. The fourth-order valence-corrected chi connectivity index (χ4v) is 2.00. The molecule has 0 bridgehead atoms. The van der Waals surface area contributed by atoms with Gasteiger partial charge in [-0.25, -0.2) is 5.14 Å². The highest BCUT2D eigenvalue weighted by atomic mass is 32.2. The second-order valence-corrected chi connectivity index (χ2v) is 4.43. The molecule has 6 nitrogen and oxygen atoms in total. The Kier molecular flexibility index (Phi) is 3.02. The highest BCUT2D eigenvalue weighted by Gasteiger charge is 2.24. The van der Waals surface area contributed by atoms with Gasteiger partial charge in [0.2, 0.25) is 0 Å². The van der Waals surface area contributed by atoms with Crippen LogP contribution in [0.1, 0.15) is 12.8 Å². The van der Waals surface area contributed by atoms with Crippen molar-refractivity contribution in [1.82, 2.24) is 9.73 Å². The van der Waals surface area contributed by atoms with Gasteiger partial charge in [-0.2, -0.15) is 12.7 Å². The van der Waals surface area contributed by atoms with E-state index < -0.39 is 10.2 Å². The van der Waals surface area contributed by atoms with E-state index in [9.17, 15) is 8.42 Å². The number of hydrogen-bond acceptors (Lipinski definition) is 4. The molecule has 1 rings (SSSR count). The lowest BCUT2D eigenvalue weighted by Crippen LogP contribution is -2.48. The fourth-order valence-electron chi connectivity index (χ4n) is 1.28. The van der Waals surface area contributed by atoms with Crippen LogP contribution in [0.3, 0.4) is 0 Å². The molecule has 12 heavy (non-hydrogen) atoms. The maximum atomic E-state index is 10.8. The summed E-state index contributed by atoms with van der Waals surface area (Å²) in [5.74, 6) is 5.21. The average molecular weight is 194 g/mol. The van der Waals surface area contributed by atoms with Crippen molar-refractivity contribution in [3.05, 3.63) is 0 Å². The monoisotopic (exact) mass is 194 g/mol. The maximum Gasteiger partial charge on any atom is 0.276 e. The maximum absolute atomic E-state index is 10.8. The van der Waals surface area contributed by atoms with Gasteiger partial charge in [0, 0.05) is 19.1 Å². The van der Waals surface area contributed by atoms with Gasteiger partial charge in [-0.3, -0.25) is 11.3 Å². The number of rotatable bonds is 2. The highest BCUT2D eigenvalue weighted by Crippen LogP contribution is 2.10. The van der Waals surface area contributed by atoms with Crippen molar-refractivity contribution in [2.24, 2.45) is 11.0 Å². The SMILES string of the molecule is NNC1CCN(S(N)(=O)=O)CC1. The lowest BCUT2D eigenvalue weighted by atomic mass is 10.1. The second kappa shape index (κ2) is 3.67. The van der Waals surface area contributed by atoms with Crippen molar-refractivity contribution in [1.29, 1.82) is 0 Å². The Morgan fingerprint density at radius 1 is 1.33 bits per heavy atom. The van der Waals surface area contributed by atoms with Crippen LogP contribution in [0.25, 0.3) is 0 Å². The Morgan fingerprint density at radius 2 is 1.83 bits per heavy atom. The summed E-state index contributed by atoms with van der Waals surface area (Å²) in [6, 6.07) is 0.211. The molecule has 0 radical (unpaired) electrons. The molecule has 7 heteroatoms. The molecule has 72 valence electrons. The first-order valence-electron chi connectivity index (χ1n) is 3.78. The number of piperidine rings is 1. The molecule has 0 saturated carbocycles. The van der Waals surface area contributed by atoms with E-state index in [0.717, 1.165) is 0 Å². The minimum absolute atomic E-state index is 0.211. The topological polar surface area (TPSA) is 101 Å². The van der Waals surface area contributed by atoms with Crippen LogP contribution in [0.2, 0.25) is 0 Å². The van der Waals surface area contributed by atoms with Gasteiger partial charge in [-0.15, -0.1) is 0 Å². The second-order valence-electron chi connectivity index (χ2n) is 2.88. The zero-order chi connectivity index (χ0) is 9.19. The molecular weight excluding hydrogens is 180 g/mol. The molecule has 1 aliphatic heterocycles. The minimum Gasteiger partial charge on any atom is -0.271 e. The molecule has 5 N–H and O–H groups in total. The first kappa shape index (κ1) is 9.87. The molecule has 0 atom stereocenters. The average Bonchev–Trinajstić information content (AvgIpc) is 2.03. The van der Waals surface area contributed by atoms with Crippen LogP contribution in [0.5, 0.6) is 0 Å². The number of hydrazine groups is 1. The number of nitrogens with two attached hydrogens (primary N) is 2. The summed E-state index contributed by atoms with van der Waals surface area (Å²) < 4.78 is 22.9. The van der Waals surface area contributed by atoms with Crippen LogP contribution >= 0.6 is 0 Å². The van der Waals surface area contributed by atoms with Gasteiger partial charge in [-0.05, 0) is 12.8 Å². The molecule has 0 amide bonds. The van der Waals surface area contributed by atoms with Crippen molar-refractivity contribution in [2.45, 2.75) is 18.9 Å². The van der Waals surface area contributed by atoms with E-state index >= 15 is 0 Å². The number of nitrogens with one attached hydrogen (secondary N) is 1. The van der Waals surface area contributed by atoms with Crippen LogP contribution < -0.4 is 16.4 Å². The molecule has 0 aromatic heterocycles. The van der Waals surface area contributed by atoms with E-state index in [1.807, 2.05) is 0 Å². The molecule has 0 spiro atoms. The molecule has 1 heterocycles. The van der Waals surface area contributed by atoms with Gasteiger partial charge in [0.05, 0.1) is 0 Å². The lowest BCUT2D eigenvalue weighted by Gasteiger charge is -2.29. The van der Waals surface area contributed by atoms with Crippen LogP contribution in [0.4, 0.5) is 0 Å². The van der Waals surface area contributed by atoms with Crippen molar-refractivity contribution < 1.29 is 8.42 Å². The van der Waals surface area contributed by atoms with E-state index in [4.69, 9.17) is 11.0 Å². The van der Waals surface area contributed by atoms with E-state index in [1.165, 1.54) is 4.31 Å². The van der Waals surface area contributed by atoms with Gasteiger partial charge in [0.25, 0.3) is 10.2 Å². The van der Waals surface area contributed by atoms with E-state index in [2.05, 4.69) is 5.43 Å². The third-order valence-corrected chi connectivity index (χ3v) is 3.13. The summed E-state index contributed by atoms with van der Waals surface area (Å²) in [5, 5.41) is 4.94. The van der Waals surface area contributed by atoms with Crippen LogP contribution in [-0.4, -0.2) is 31.9 Å². The van der Waals surface area contributed by atoms with Gasteiger partial charge in [0.15, 0.2) is 0 Å². The van der Waals surface area contributed by atoms with Gasteiger partial charge >= 0.3 is 0 Å². The zero-order valence-corrected chi connectivity index (χ0v) is 7.55. The molecule has 0 aliphatic carbocycles. The summed E-state index contributed by atoms with van der Waals surface area (Å²) >= 11 is 0. The molecule has 0 aromatic carbocycles. The quantitative estimate of drug-likeness (QED) is 0.353. The van der Waals surface area contributed by atoms with Gasteiger partial charge in [-0.1, -0.05) is 0 Å². The number of nitrogens with zero attached hydrogens (tertiary/aromatic N) is 1. The van der Waals surface area contributed by atoms with Crippen molar-refractivity contribution in [2.75, 3.05) is 13.1 Å². The Labute approximate surface area is 72.0 Å². The normalized spacial score (nSPS) is 22.8. The summed E-state index contributed by atoms with van der Waals surface area (Å²) in [7, 11) is -3.49. The number of hydrogen-bond donors (Lipinski definition) is 3. The predicted molar refractivity (Wildman–Crippen MR) is 45.0 cm³/mol. The molecular formula is C5H14N4O2S. The Morgan fingerprint density at radius 3 is 2.17 bits per heavy atom. The summed E-state index contributed by atoms with van der Waals surface area (Å²) in [6.45, 7) is 0.904. The van der Waals surface area contributed by atoms with Crippen molar-refractivity contribution in [3.8, 4) is 0 Å². The first-order chi connectivity index (χ1) is 5.54. The van der Waals surface area contributed by atoms with Crippen molar-refractivity contribution >= 4 is 10.2 Å². The third kappa shape index (κ3) is 2.39. The van der Waals surface area contributed by atoms with Gasteiger partial charge in [0.1, 0.15) is 0 Å². The van der Waals surface area contributed by atoms with E-state index in [0.29, 0.717) is 25.9 Å². The smallest absolute Gasteiger partial charge is 0.271 e. The zero-order valence-electron chi connectivity index (χ0n) is 6.73. The molecule has 0 unspecified atom stereocenters. The fraction of sp³-hybridized carbons (Fsp3) is 1.00. The van der Waals surface area contributed by atoms with Crippen LogP contribution in [0, 0.1) is 0 Å². The predicted octanol–water partition coefficient (Wildman–Crippen LogP) is -1.88. The van der Waals surface area contributed by atoms with E-state index in [-0.39, 0.29) is 6.04 Å². The summed E-state index contributed by atoms with van der Waals surface area (Å²) in [6.07, 6.45) is 1.43. The molecule has 0 aromatic rings. The molecule has 1 saturated heterocycles. The van der Waals surface area contributed by atoms with Crippen molar-refractivity contribution in [3.63, 3.8) is 0 Å². The summed E-state index contributed by atoms with van der Waals surface area (Å²) in [5.41, 5.74) is 2.61. The largest absolute Gasteiger partial charge is 0.276 e. The van der Waals surface area contributed by atoms with Gasteiger partial charge < -0.3 is 0 Å². The van der Waals surface area contributed by atoms with Crippen LogP contribution in [-0.2, 0) is 10.2 Å². The minimum atomic E-state index is -3.49. The van der Waals surface area contributed by atoms with Crippen LogP contribution in [0.15, 0.2) is 0 Å². The van der Waals surface area contributed by atoms with E-state index in [1.54, 1.807) is 0 Å². The first-order valence-corrected chi connectivity index (χ1v) is 5.28. The summed E-state index contributed by atoms with van der Waals surface area (Å²) in [4.78, 5) is 0. The molecule has 1 aliphatic rings. The Bertz CT molecular complexity index is 232. The lowest BCUT2D eigenvalue weighted by molar-refractivity contribution is 0.292. The Hall–Kier alpha value is -0.210. The molecule has 1 fully saturated rings. The third-order valence-electron chi connectivity index (χ3n) is 2.05. The standard InChI is InChI=1S/C5H14N4O2S/c6-8-5-1-3-9(4-2-5)12(7,10)11/h5,8H,1-4,6H2,(H2,7,10,11). The Balaban J connectivity index is 2.47.